The van der Waals surface area contributed by atoms with E-state index in [0.29, 0.717) is 5.92 Å². The van der Waals surface area contributed by atoms with Crippen LogP contribution >= 0.6 is 22.6 Å². The second-order valence-electron chi connectivity index (χ2n) is 4.70. The third-order valence-corrected chi connectivity index (χ3v) is 4.46. The molecular formula is C13H17IN2O. The first-order chi connectivity index (χ1) is 8.08. The van der Waals surface area contributed by atoms with Gasteiger partial charge in [0, 0.05) is 15.8 Å². The lowest BCUT2D eigenvalue weighted by atomic mass is 9.97. The minimum atomic E-state index is 0.0916. The number of nitrogens with one attached hydrogen (secondary N) is 2. The largest absolute Gasteiger partial charge is 0.326 e. The molecule has 2 unspecified atom stereocenters. The fraction of sp³-hybridized carbons (Fsp3) is 0.462. The van der Waals surface area contributed by atoms with E-state index in [0.717, 1.165) is 18.8 Å². The molecule has 0 aromatic heterocycles. The third-order valence-electron chi connectivity index (χ3n) is 3.29. The molecule has 1 aromatic carbocycles. The van der Waals surface area contributed by atoms with Crippen LogP contribution in [0.2, 0.25) is 0 Å². The summed E-state index contributed by atoms with van der Waals surface area (Å²) < 4.78 is 1.18. The van der Waals surface area contributed by atoms with E-state index in [1.165, 1.54) is 9.13 Å². The van der Waals surface area contributed by atoms with E-state index in [4.69, 9.17) is 0 Å². The quantitative estimate of drug-likeness (QED) is 0.809. The van der Waals surface area contributed by atoms with Crippen molar-refractivity contribution in [3.8, 4) is 0 Å². The molecule has 17 heavy (non-hydrogen) atoms. The Bertz CT molecular complexity index is 433. The summed E-state index contributed by atoms with van der Waals surface area (Å²) in [5.74, 6) is 0.635. The van der Waals surface area contributed by atoms with Crippen molar-refractivity contribution >= 4 is 34.2 Å². The molecule has 1 aliphatic rings. The molecule has 0 saturated carbocycles. The van der Waals surface area contributed by atoms with Crippen molar-refractivity contribution in [3.05, 3.63) is 27.3 Å². The monoisotopic (exact) mass is 344 g/mol. The molecule has 0 radical (unpaired) electrons. The van der Waals surface area contributed by atoms with Crippen molar-refractivity contribution in [2.75, 3.05) is 18.4 Å². The minimum absolute atomic E-state index is 0.0916. The zero-order valence-electron chi connectivity index (χ0n) is 10.1. The van der Waals surface area contributed by atoms with E-state index >= 15 is 0 Å². The molecule has 2 N–H and O–H groups in total. The molecule has 1 heterocycles. The minimum Gasteiger partial charge on any atom is -0.326 e. The van der Waals surface area contributed by atoms with Crippen LogP contribution in [0.4, 0.5) is 5.69 Å². The first kappa shape index (κ1) is 12.8. The van der Waals surface area contributed by atoms with Crippen molar-refractivity contribution < 1.29 is 4.79 Å². The van der Waals surface area contributed by atoms with Crippen LogP contribution in [0.3, 0.4) is 0 Å². The van der Waals surface area contributed by atoms with E-state index in [1.807, 2.05) is 18.2 Å². The zero-order chi connectivity index (χ0) is 12.4. The molecular weight excluding hydrogens is 327 g/mol. The zero-order valence-corrected chi connectivity index (χ0v) is 12.2. The molecule has 1 saturated heterocycles. The van der Waals surface area contributed by atoms with Crippen LogP contribution in [0.5, 0.6) is 0 Å². The van der Waals surface area contributed by atoms with Crippen molar-refractivity contribution in [1.82, 2.24) is 5.32 Å². The number of anilines is 1. The van der Waals surface area contributed by atoms with Crippen LogP contribution in [-0.2, 0) is 4.79 Å². The molecule has 1 amide bonds. The Hall–Kier alpha value is -0.620. The lowest BCUT2D eigenvalue weighted by Gasteiger charge is -2.14. The van der Waals surface area contributed by atoms with Gasteiger partial charge in [-0.3, -0.25) is 4.79 Å². The smallest absolute Gasteiger partial charge is 0.229 e. The van der Waals surface area contributed by atoms with Gasteiger partial charge in [0.15, 0.2) is 0 Å². The summed E-state index contributed by atoms with van der Waals surface area (Å²) in [5.41, 5.74) is 2.13. The molecule has 0 aliphatic carbocycles. The molecule has 2 atom stereocenters. The highest BCUT2D eigenvalue weighted by molar-refractivity contribution is 14.1. The molecule has 3 nitrogen and oxygen atoms in total. The van der Waals surface area contributed by atoms with Gasteiger partial charge >= 0.3 is 0 Å². The predicted molar refractivity (Wildman–Crippen MR) is 78.0 cm³/mol. The van der Waals surface area contributed by atoms with Crippen molar-refractivity contribution in [2.45, 2.75) is 13.8 Å². The first-order valence-corrected chi connectivity index (χ1v) is 6.93. The lowest BCUT2D eigenvalue weighted by Crippen LogP contribution is -2.27. The second kappa shape index (κ2) is 5.35. The van der Waals surface area contributed by atoms with Crippen molar-refractivity contribution in [1.29, 1.82) is 0 Å². The Morgan fingerprint density at radius 1 is 1.47 bits per heavy atom. The van der Waals surface area contributed by atoms with E-state index in [9.17, 15) is 4.79 Å². The number of hydrogen-bond donors (Lipinski definition) is 2. The Morgan fingerprint density at radius 3 is 2.82 bits per heavy atom. The number of halogens is 1. The maximum Gasteiger partial charge on any atom is 0.229 e. The Morgan fingerprint density at radius 2 is 2.24 bits per heavy atom. The van der Waals surface area contributed by atoms with Crippen LogP contribution in [0, 0.1) is 22.3 Å². The number of carbonyl (C=O) groups is 1. The van der Waals surface area contributed by atoms with Gasteiger partial charge in [-0.25, -0.2) is 0 Å². The summed E-state index contributed by atoms with van der Waals surface area (Å²) in [6.45, 7) is 5.90. The van der Waals surface area contributed by atoms with Crippen molar-refractivity contribution in [3.63, 3.8) is 0 Å². The maximum atomic E-state index is 12.1. The summed E-state index contributed by atoms with van der Waals surface area (Å²) in [6.07, 6.45) is 0. The fourth-order valence-corrected chi connectivity index (χ4v) is 2.58. The lowest BCUT2D eigenvalue weighted by molar-refractivity contribution is -0.120. The average Bonchev–Trinajstić information content (AvgIpc) is 2.70. The molecule has 92 valence electrons. The number of benzene rings is 1. The standard InChI is InChI=1S/C13H17IN2O/c1-8-3-4-10(5-12(8)14)16-13(17)11-7-15-6-9(11)2/h3-5,9,11,15H,6-7H2,1-2H3,(H,16,17). The summed E-state index contributed by atoms with van der Waals surface area (Å²) in [7, 11) is 0. The van der Waals surface area contributed by atoms with Crippen molar-refractivity contribution in [2.24, 2.45) is 11.8 Å². The van der Waals surface area contributed by atoms with Crippen LogP contribution in [0.25, 0.3) is 0 Å². The van der Waals surface area contributed by atoms with Gasteiger partial charge in [-0.1, -0.05) is 13.0 Å². The van der Waals surface area contributed by atoms with Crippen LogP contribution in [0.15, 0.2) is 18.2 Å². The number of rotatable bonds is 2. The number of amides is 1. The molecule has 0 bridgehead atoms. The molecule has 4 heteroatoms. The Labute approximate surface area is 116 Å². The van der Waals surface area contributed by atoms with Gasteiger partial charge in [0.25, 0.3) is 0 Å². The van der Waals surface area contributed by atoms with Crippen LogP contribution < -0.4 is 10.6 Å². The molecule has 1 aromatic rings. The summed E-state index contributed by atoms with van der Waals surface area (Å²) in [6, 6.07) is 6.01. The molecule has 0 spiro atoms. The Balaban J connectivity index is 2.05. The predicted octanol–water partition coefficient (Wildman–Crippen LogP) is 2.39. The molecule has 2 rings (SSSR count). The maximum absolute atomic E-state index is 12.1. The van der Waals surface area contributed by atoms with Gasteiger partial charge in [-0.15, -0.1) is 0 Å². The van der Waals surface area contributed by atoms with Gasteiger partial charge < -0.3 is 10.6 Å². The highest BCUT2D eigenvalue weighted by Gasteiger charge is 2.29. The highest BCUT2D eigenvalue weighted by Crippen LogP contribution is 2.21. The SMILES string of the molecule is Cc1ccc(NC(=O)C2CNCC2C)cc1I. The Kier molecular flexibility index (Phi) is 4.04. The number of aryl methyl sites for hydroxylation is 1. The van der Waals surface area contributed by atoms with E-state index in [2.05, 4.69) is 47.1 Å². The normalized spacial score (nSPS) is 23.7. The summed E-state index contributed by atoms with van der Waals surface area (Å²) in [4.78, 5) is 12.1. The fourth-order valence-electron chi connectivity index (χ4n) is 2.07. The average molecular weight is 344 g/mol. The number of carbonyl (C=O) groups excluding carboxylic acids is 1. The topological polar surface area (TPSA) is 41.1 Å². The van der Waals surface area contributed by atoms with E-state index in [1.54, 1.807) is 0 Å². The van der Waals surface area contributed by atoms with Gasteiger partial charge in [-0.2, -0.15) is 0 Å². The molecule has 1 fully saturated rings. The first-order valence-electron chi connectivity index (χ1n) is 5.85. The van der Waals surface area contributed by atoms with E-state index in [-0.39, 0.29) is 11.8 Å². The van der Waals surface area contributed by atoms with Gasteiger partial charge in [0.05, 0.1) is 5.92 Å². The van der Waals surface area contributed by atoms with Crippen LogP contribution in [0.1, 0.15) is 12.5 Å². The molecule has 1 aliphatic heterocycles. The summed E-state index contributed by atoms with van der Waals surface area (Å²) >= 11 is 2.29. The van der Waals surface area contributed by atoms with Crippen LogP contribution in [-0.4, -0.2) is 19.0 Å². The third kappa shape index (κ3) is 2.98. The van der Waals surface area contributed by atoms with E-state index < -0.39 is 0 Å². The van der Waals surface area contributed by atoms with Gasteiger partial charge in [0.2, 0.25) is 5.91 Å². The number of hydrogen-bond acceptors (Lipinski definition) is 2. The second-order valence-corrected chi connectivity index (χ2v) is 5.86. The highest BCUT2D eigenvalue weighted by atomic mass is 127. The van der Waals surface area contributed by atoms with Gasteiger partial charge in [-0.05, 0) is 59.7 Å². The van der Waals surface area contributed by atoms with Gasteiger partial charge in [0.1, 0.15) is 0 Å². The summed E-state index contributed by atoms with van der Waals surface area (Å²) in [5, 5.41) is 6.25.